The Balaban J connectivity index is 1.38. The van der Waals surface area contributed by atoms with Crippen molar-refractivity contribution in [3.05, 3.63) is 0 Å². The number of ether oxygens (including phenoxy) is 7. The maximum absolute atomic E-state index is 11.1. The van der Waals surface area contributed by atoms with Crippen LogP contribution in [0.2, 0.25) is 0 Å². The predicted molar refractivity (Wildman–Crippen MR) is 138 cm³/mol. The summed E-state index contributed by atoms with van der Waals surface area (Å²) in [5.74, 6) is 0. The third kappa shape index (κ3) is 7.18. The Hall–Kier alpha value is -0.680. The SMILES string of the molecule is CC(C)(O[C@@H]1CO[C@@H](O)C(O)C1O)[C@@H]1OC[C@@H](OC(C)(C)[C@@H]2OC[C@@H](O)[C@H](O[C@@H]3O[C@@H](CO)C(O)C3O)C2O)[C@H](O)C1O. The molecule has 4 saturated heterocycles. The van der Waals surface area contributed by atoms with Crippen LogP contribution < -0.4 is 0 Å². The molecule has 4 aliphatic rings. The molecular weight excluding hydrogens is 584 g/mol. The molecule has 0 spiro atoms. The van der Waals surface area contributed by atoms with E-state index in [0.717, 1.165) is 0 Å². The second-order valence-corrected chi connectivity index (χ2v) is 12.6. The molecule has 0 bridgehead atoms. The van der Waals surface area contributed by atoms with E-state index in [0.29, 0.717) is 0 Å². The predicted octanol–water partition coefficient (Wildman–Crippen LogP) is -5.55. The van der Waals surface area contributed by atoms with Crippen molar-refractivity contribution < 1.29 is 84.2 Å². The molecule has 0 aromatic carbocycles. The molecule has 252 valence electrons. The summed E-state index contributed by atoms with van der Waals surface area (Å²) in [7, 11) is 0. The summed E-state index contributed by atoms with van der Waals surface area (Å²) in [6.07, 6.45) is -22.1. The van der Waals surface area contributed by atoms with Crippen molar-refractivity contribution in [1.82, 2.24) is 0 Å². The molecule has 4 rings (SSSR count). The maximum atomic E-state index is 11.1. The molecular formula is C26H46O17. The van der Waals surface area contributed by atoms with Gasteiger partial charge in [-0.3, -0.25) is 0 Å². The number of aliphatic hydroxyl groups is 10. The Bertz CT molecular complexity index is 907. The van der Waals surface area contributed by atoms with E-state index in [9.17, 15) is 51.1 Å². The van der Waals surface area contributed by atoms with Crippen LogP contribution in [0.4, 0.5) is 0 Å². The summed E-state index contributed by atoms with van der Waals surface area (Å²) in [6, 6.07) is 0. The highest BCUT2D eigenvalue weighted by Gasteiger charge is 2.54. The molecule has 43 heavy (non-hydrogen) atoms. The van der Waals surface area contributed by atoms with Gasteiger partial charge in [0.2, 0.25) is 0 Å². The monoisotopic (exact) mass is 630 g/mol. The van der Waals surface area contributed by atoms with Gasteiger partial charge < -0.3 is 84.2 Å². The average Bonchev–Trinajstić information content (AvgIpc) is 3.21. The van der Waals surface area contributed by atoms with Crippen LogP contribution >= 0.6 is 0 Å². The Morgan fingerprint density at radius 3 is 1.67 bits per heavy atom. The van der Waals surface area contributed by atoms with Crippen molar-refractivity contribution >= 4 is 0 Å². The van der Waals surface area contributed by atoms with Gasteiger partial charge in [-0.25, -0.2) is 0 Å². The molecule has 4 aliphatic heterocycles. The highest BCUT2D eigenvalue weighted by Crippen LogP contribution is 2.36. The van der Waals surface area contributed by atoms with Gasteiger partial charge in [-0.05, 0) is 27.7 Å². The van der Waals surface area contributed by atoms with E-state index in [2.05, 4.69) is 0 Å². The van der Waals surface area contributed by atoms with Crippen molar-refractivity contribution in [3.63, 3.8) is 0 Å². The summed E-state index contributed by atoms with van der Waals surface area (Å²) in [5.41, 5.74) is -2.70. The lowest BCUT2D eigenvalue weighted by molar-refractivity contribution is -0.317. The van der Waals surface area contributed by atoms with E-state index in [4.69, 9.17) is 33.2 Å². The highest BCUT2D eigenvalue weighted by atomic mass is 16.7. The molecule has 0 aromatic rings. The van der Waals surface area contributed by atoms with Crippen molar-refractivity contribution in [2.45, 2.75) is 137 Å². The molecule has 0 radical (unpaired) electrons. The fourth-order valence-corrected chi connectivity index (χ4v) is 6.02. The van der Waals surface area contributed by atoms with Crippen LogP contribution in [0.1, 0.15) is 27.7 Å². The lowest BCUT2D eigenvalue weighted by Crippen LogP contribution is -2.66. The van der Waals surface area contributed by atoms with Gasteiger partial charge in [0, 0.05) is 0 Å². The zero-order chi connectivity index (χ0) is 32.0. The second-order valence-electron chi connectivity index (χ2n) is 12.6. The minimum absolute atomic E-state index is 0.238. The fourth-order valence-electron chi connectivity index (χ4n) is 6.02. The molecule has 6 unspecified atom stereocenters. The molecule has 0 aliphatic carbocycles. The first-order chi connectivity index (χ1) is 20.0. The lowest BCUT2D eigenvalue weighted by atomic mass is 9.86. The lowest BCUT2D eigenvalue weighted by Gasteiger charge is -2.49. The zero-order valence-electron chi connectivity index (χ0n) is 24.4. The van der Waals surface area contributed by atoms with Gasteiger partial charge in [-0.1, -0.05) is 0 Å². The van der Waals surface area contributed by atoms with Gasteiger partial charge in [0.25, 0.3) is 0 Å². The first-order valence-electron chi connectivity index (χ1n) is 14.2. The number of hydrogen-bond acceptors (Lipinski definition) is 17. The molecule has 10 N–H and O–H groups in total. The van der Waals surface area contributed by atoms with Gasteiger partial charge in [-0.15, -0.1) is 0 Å². The Kier molecular flexibility index (Phi) is 11.1. The second kappa shape index (κ2) is 13.6. The van der Waals surface area contributed by atoms with Crippen LogP contribution in [0.25, 0.3) is 0 Å². The Morgan fingerprint density at radius 1 is 0.605 bits per heavy atom. The first-order valence-corrected chi connectivity index (χ1v) is 14.2. The Morgan fingerprint density at radius 2 is 1.12 bits per heavy atom. The number of aliphatic hydroxyl groups excluding tert-OH is 10. The summed E-state index contributed by atoms with van der Waals surface area (Å²) >= 11 is 0. The topological polar surface area (TPSA) is 267 Å². The molecule has 16 atom stereocenters. The molecule has 0 amide bonds. The van der Waals surface area contributed by atoms with Gasteiger partial charge in [0.1, 0.15) is 85.5 Å². The van der Waals surface area contributed by atoms with Crippen LogP contribution in [-0.2, 0) is 33.2 Å². The molecule has 0 saturated carbocycles. The summed E-state index contributed by atoms with van der Waals surface area (Å²) < 4.78 is 39.4. The molecule has 0 aromatic heterocycles. The van der Waals surface area contributed by atoms with Crippen LogP contribution in [0.5, 0.6) is 0 Å². The van der Waals surface area contributed by atoms with Crippen molar-refractivity contribution in [1.29, 1.82) is 0 Å². The highest BCUT2D eigenvalue weighted by molar-refractivity contribution is 5.01. The normalized spacial score (nSPS) is 48.4. The van der Waals surface area contributed by atoms with Gasteiger partial charge in [-0.2, -0.15) is 0 Å². The van der Waals surface area contributed by atoms with Crippen molar-refractivity contribution in [3.8, 4) is 0 Å². The third-order valence-corrected chi connectivity index (χ3v) is 8.48. The van der Waals surface area contributed by atoms with E-state index in [1.165, 1.54) is 0 Å². The van der Waals surface area contributed by atoms with E-state index >= 15 is 0 Å². The molecule has 17 nitrogen and oxygen atoms in total. The van der Waals surface area contributed by atoms with Crippen LogP contribution in [0.15, 0.2) is 0 Å². The van der Waals surface area contributed by atoms with Crippen LogP contribution in [0, 0.1) is 0 Å². The largest absolute Gasteiger partial charge is 0.394 e. The number of rotatable bonds is 9. The number of hydrogen-bond donors (Lipinski definition) is 10. The van der Waals surface area contributed by atoms with Crippen LogP contribution in [-0.4, -0.2) is 187 Å². The van der Waals surface area contributed by atoms with E-state index in [1.54, 1.807) is 27.7 Å². The van der Waals surface area contributed by atoms with Gasteiger partial charge in [0.15, 0.2) is 12.6 Å². The van der Waals surface area contributed by atoms with E-state index in [1.807, 2.05) is 0 Å². The van der Waals surface area contributed by atoms with Crippen molar-refractivity contribution in [2.24, 2.45) is 0 Å². The average molecular weight is 631 g/mol. The summed E-state index contributed by atoms with van der Waals surface area (Å²) in [6.45, 7) is 4.81. The zero-order valence-corrected chi connectivity index (χ0v) is 24.4. The van der Waals surface area contributed by atoms with Crippen molar-refractivity contribution in [2.75, 3.05) is 26.4 Å². The molecule has 17 heteroatoms. The first kappa shape index (κ1) is 35.2. The third-order valence-electron chi connectivity index (χ3n) is 8.48. The summed E-state index contributed by atoms with van der Waals surface area (Å²) in [4.78, 5) is 0. The Labute approximate surface area is 248 Å². The smallest absolute Gasteiger partial charge is 0.187 e. The maximum Gasteiger partial charge on any atom is 0.187 e. The minimum Gasteiger partial charge on any atom is -0.394 e. The quantitative estimate of drug-likeness (QED) is 0.114. The van der Waals surface area contributed by atoms with Gasteiger partial charge >= 0.3 is 0 Å². The standard InChI is InChI=1S/C26H46O17/c1-25(2,43-12-8-39-23(36)17(33)15(12)31)21-16(32)14(30)11(7-38-21)42-26(3,4)22-19(35)20(9(28)6-37-22)41-24-18(34)13(29)10(5-27)40-24/h9-24,27-36H,5-8H2,1-4H3/t9-,10+,11-,12-,13?,14+,15?,16?,17?,18?,19?,20+,21-,22-,23-,24+/m1/s1. The van der Waals surface area contributed by atoms with E-state index in [-0.39, 0.29) is 19.8 Å². The van der Waals surface area contributed by atoms with E-state index < -0.39 is 116 Å². The molecule has 4 fully saturated rings. The fraction of sp³-hybridized carbons (Fsp3) is 1.00. The van der Waals surface area contributed by atoms with Gasteiger partial charge in [0.05, 0.1) is 37.6 Å². The molecule has 4 heterocycles. The van der Waals surface area contributed by atoms with Crippen LogP contribution in [0.3, 0.4) is 0 Å². The minimum atomic E-state index is -1.61. The summed E-state index contributed by atoms with van der Waals surface area (Å²) in [5, 5.41) is 103.